The molecule has 150 valence electrons. The van der Waals surface area contributed by atoms with E-state index in [1.807, 2.05) is 36.4 Å². The summed E-state index contributed by atoms with van der Waals surface area (Å²) in [6.07, 6.45) is 0.964. The van der Waals surface area contributed by atoms with Gasteiger partial charge in [-0.15, -0.1) is 0 Å². The van der Waals surface area contributed by atoms with Crippen molar-refractivity contribution in [3.05, 3.63) is 90.0 Å². The fraction of sp³-hybridized carbons (Fsp3) is 0.280. The number of hydrogen-bond donors (Lipinski definition) is 0. The predicted molar refractivity (Wildman–Crippen MR) is 115 cm³/mol. The first-order valence-corrected chi connectivity index (χ1v) is 10.1. The molecular weight excluding hydrogens is 362 g/mol. The summed E-state index contributed by atoms with van der Waals surface area (Å²) in [5.74, 6) is 2.30. The highest BCUT2D eigenvalue weighted by Crippen LogP contribution is 2.33. The summed E-state index contributed by atoms with van der Waals surface area (Å²) in [5, 5.41) is 0. The number of morpholine rings is 1. The quantitative estimate of drug-likeness (QED) is 0.573. The van der Waals surface area contributed by atoms with Gasteiger partial charge in [-0.3, -0.25) is 4.90 Å². The van der Waals surface area contributed by atoms with E-state index >= 15 is 0 Å². The van der Waals surface area contributed by atoms with Crippen LogP contribution in [-0.4, -0.2) is 37.8 Å². The van der Waals surface area contributed by atoms with E-state index < -0.39 is 0 Å². The second-order valence-corrected chi connectivity index (χ2v) is 7.28. The fourth-order valence-corrected chi connectivity index (χ4v) is 3.73. The molecule has 0 saturated carbocycles. The van der Waals surface area contributed by atoms with E-state index in [9.17, 15) is 0 Å². The Hall–Kier alpha value is -2.82. The molecule has 0 radical (unpaired) electrons. The molecule has 0 aromatic heterocycles. The molecule has 3 aromatic carbocycles. The van der Waals surface area contributed by atoms with Gasteiger partial charge in [0.2, 0.25) is 0 Å². The van der Waals surface area contributed by atoms with E-state index in [2.05, 4.69) is 47.4 Å². The molecule has 1 unspecified atom stereocenters. The van der Waals surface area contributed by atoms with Crippen LogP contribution in [0.15, 0.2) is 78.9 Å². The molecule has 1 heterocycles. The monoisotopic (exact) mass is 389 g/mol. The Balaban J connectivity index is 1.44. The summed E-state index contributed by atoms with van der Waals surface area (Å²) in [6, 6.07) is 26.5. The highest BCUT2D eigenvalue weighted by atomic mass is 16.5. The van der Waals surface area contributed by atoms with Gasteiger partial charge in [-0.25, -0.2) is 0 Å². The number of methoxy groups -OCH3 is 1. The minimum absolute atomic E-state index is 0.148. The zero-order chi connectivity index (χ0) is 19.9. The van der Waals surface area contributed by atoms with Crippen LogP contribution in [0.3, 0.4) is 0 Å². The average molecular weight is 389 g/mol. The molecule has 4 rings (SSSR count). The van der Waals surface area contributed by atoms with Crippen LogP contribution in [0.1, 0.15) is 11.1 Å². The third-order valence-electron chi connectivity index (χ3n) is 5.18. The molecule has 3 aromatic rings. The maximum Gasteiger partial charge on any atom is 0.169 e. The van der Waals surface area contributed by atoms with Crippen LogP contribution in [0, 0.1) is 0 Å². The van der Waals surface area contributed by atoms with Crippen LogP contribution in [0.5, 0.6) is 17.2 Å². The molecule has 1 atom stereocenters. The average Bonchev–Trinajstić information content (AvgIpc) is 2.76. The molecule has 29 heavy (non-hydrogen) atoms. The zero-order valence-corrected chi connectivity index (χ0v) is 16.8. The number of benzene rings is 3. The van der Waals surface area contributed by atoms with Crippen LogP contribution in [0.25, 0.3) is 0 Å². The highest BCUT2D eigenvalue weighted by Gasteiger charge is 2.22. The lowest BCUT2D eigenvalue weighted by Gasteiger charge is -2.33. The molecule has 0 bridgehead atoms. The zero-order valence-electron chi connectivity index (χ0n) is 16.8. The lowest BCUT2D eigenvalue weighted by molar-refractivity contribution is -0.0306. The normalized spacial score (nSPS) is 17.1. The van der Waals surface area contributed by atoms with Crippen molar-refractivity contribution in [1.82, 2.24) is 4.90 Å². The van der Waals surface area contributed by atoms with E-state index in [0.717, 1.165) is 55.5 Å². The highest BCUT2D eigenvalue weighted by molar-refractivity contribution is 5.45. The van der Waals surface area contributed by atoms with Crippen molar-refractivity contribution in [3.8, 4) is 17.2 Å². The Morgan fingerprint density at radius 1 is 0.862 bits per heavy atom. The predicted octanol–water partition coefficient (Wildman–Crippen LogP) is 4.93. The molecular formula is C25H27NO3. The first-order chi connectivity index (χ1) is 14.3. The van der Waals surface area contributed by atoms with Gasteiger partial charge in [-0.05, 0) is 29.3 Å². The number of nitrogens with zero attached hydrogens (tertiary/aromatic N) is 1. The standard InChI is InChI=1S/C25H27NO3/c1-27-24-13-7-8-14-25(24)29-23-12-6-5-11-21(23)17-22-19-26(15-16-28-22)18-20-9-3-2-4-10-20/h2-14,22H,15-19H2,1H3. The van der Waals surface area contributed by atoms with Gasteiger partial charge in [0.05, 0.1) is 19.8 Å². The first-order valence-electron chi connectivity index (χ1n) is 10.1. The van der Waals surface area contributed by atoms with E-state index in [1.165, 1.54) is 5.56 Å². The number of ether oxygens (including phenoxy) is 3. The Morgan fingerprint density at radius 2 is 1.55 bits per heavy atom. The fourth-order valence-electron chi connectivity index (χ4n) is 3.73. The van der Waals surface area contributed by atoms with Crippen molar-refractivity contribution >= 4 is 0 Å². The van der Waals surface area contributed by atoms with Crippen molar-refractivity contribution in [2.45, 2.75) is 19.1 Å². The molecule has 4 heteroatoms. The number of hydrogen-bond acceptors (Lipinski definition) is 4. The van der Waals surface area contributed by atoms with Gasteiger partial charge in [-0.1, -0.05) is 60.7 Å². The maximum atomic E-state index is 6.20. The van der Waals surface area contributed by atoms with Gasteiger partial charge in [0.15, 0.2) is 11.5 Å². The number of rotatable bonds is 7. The summed E-state index contributed by atoms with van der Waals surface area (Å²) < 4.78 is 17.7. The lowest BCUT2D eigenvalue weighted by Crippen LogP contribution is -2.42. The molecule has 1 aliphatic heterocycles. The Morgan fingerprint density at radius 3 is 2.34 bits per heavy atom. The third-order valence-corrected chi connectivity index (χ3v) is 5.18. The van der Waals surface area contributed by atoms with E-state index in [0.29, 0.717) is 0 Å². The molecule has 1 fully saturated rings. The summed E-state index contributed by atoms with van der Waals surface area (Å²) in [7, 11) is 1.66. The van der Waals surface area contributed by atoms with E-state index in [1.54, 1.807) is 7.11 Å². The van der Waals surface area contributed by atoms with E-state index in [-0.39, 0.29) is 6.10 Å². The molecule has 4 nitrogen and oxygen atoms in total. The van der Waals surface area contributed by atoms with Gasteiger partial charge >= 0.3 is 0 Å². The molecule has 1 aliphatic rings. The van der Waals surface area contributed by atoms with Gasteiger partial charge in [-0.2, -0.15) is 0 Å². The lowest BCUT2D eigenvalue weighted by atomic mass is 10.0. The topological polar surface area (TPSA) is 30.9 Å². The van der Waals surface area contributed by atoms with Crippen molar-refractivity contribution in [3.63, 3.8) is 0 Å². The summed E-state index contributed by atoms with van der Waals surface area (Å²) in [4.78, 5) is 2.47. The summed E-state index contributed by atoms with van der Waals surface area (Å²) in [6.45, 7) is 3.59. The minimum atomic E-state index is 0.148. The van der Waals surface area contributed by atoms with Gasteiger partial charge in [0, 0.05) is 26.1 Å². The van der Waals surface area contributed by atoms with Crippen LogP contribution < -0.4 is 9.47 Å². The second-order valence-electron chi connectivity index (χ2n) is 7.28. The van der Waals surface area contributed by atoms with Crippen LogP contribution in [-0.2, 0) is 17.7 Å². The molecule has 0 N–H and O–H groups in total. The smallest absolute Gasteiger partial charge is 0.169 e. The summed E-state index contributed by atoms with van der Waals surface area (Å²) in [5.41, 5.74) is 2.48. The van der Waals surface area contributed by atoms with Crippen molar-refractivity contribution in [2.75, 3.05) is 26.8 Å². The van der Waals surface area contributed by atoms with Gasteiger partial charge < -0.3 is 14.2 Å². The Labute approximate surface area is 172 Å². The summed E-state index contributed by atoms with van der Waals surface area (Å²) >= 11 is 0. The molecule has 0 amide bonds. The first kappa shape index (κ1) is 19.5. The number of para-hydroxylation sites is 3. The van der Waals surface area contributed by atoms with Gasteiger partial charge in [0.1, 0.15) is 5.75 Å². The minimum Gasteiger partial charge on any atom is -0.493 e. The molecule has 0 aliphatic carbocycles. The second kappa shape index (κ2) is 9.59. The Bertz CT molecular complexity index is 913. The maximum absolute atomic E-state index is 6.20. The van der Waals surface area contributed by atoms with Crippen LogP contribution in [0.2, 0.25) is 0 Å². The van der Waals surface area contributed by atoms with Crippen molar-refractivity contribution in [1.29, 1.82) is 0 Å². The van der Waals surface area contributed by atoms with Crippen LogP contribution >= 0.6 is 0 Å². The largest absolute Gasteiger partial charge is 0.493 e. The SMILES string of the molecule is COc1ccccc1Oc1ccccc1CC1CN(Cc2ccccc2)CCO1. The molecule has 0 spiro atoms. The van der Waals surface area contributed by atoms with Crippen molar-refractivity contribution in [2.24, 2.45) is 0 Å². The third kappa shape index (κ3) is 5.17. The van der Waals surface area contributed by atoms with Gasteiger partial charge in [0.25, 0.3) is 0 Å². The van der Waals surface area contributed by atoms with Crippen molar-refractivity contribution < 1.29 is 14.2 Å². The Kier molecular flexibility index (Phi) is 6.45. The van der Waals surface area contributed by atoms with Crippen LogP contribution in [0.4, 0.5) is 0 Å². The molecule has 1 saturated heterocycles. The van der Waals surface area contributed by atoms with E-state index in [4.69, 9.17) is 14.2 Å².